The van der Waals surface area contributed by atoms with Crippen molar-refractivity contribution < 1.29 is 0 Å². The average Bonchev–Trinajstić information content (AvgIpc) is 2.55. The Kier molecular flexibility index (Phi) is 5.03. The van der Waals surface area contributed by atoms with E-state index in [0.29, 0.717) is 0 Å². The maximum Gasteiger partial charge on any atom is -0.0162 e. The van der Waals surface area contributed by atoms with Crippen LogP contribution in [0.25, 0.3) is 0 Å². The lowest BCUT2D eigenvalue weighted by molar-refractivity contribution is 0.308. The fourth-order valence-electron chi connectivity index (χ4n) is 4.65. The average molecular weight is 284 g/mol. The van der Waals surface area contributed by atoms with Crippen molar-refractivity contribution >= 4 is 0 Å². The molecule has 0 saturated heterocycles. The van der Waals surface area contributed by atoms with E-state index in [2.05, 4.69) is 32.0 Å². The topological polar surface area (TPSA) is 0 Å². The van der Waals surface area contributed by atoms with Crippen LogP contribution in [-0.2, 0) is 12.8 Å². The summed E-state index contributed by atoms with van der Waals surface area (Å²) in [4.78, 5) is 0. The summed E-state index contributed by atoms with van der Waals surface area (Å²) in [6.45, 7) is 4.68. The van der Waals surface area contributed by atoms with Crippen LogP contribution in [-0.4, -0.2) is 0 Å². The SMILES string of the molecule is CCC[C@H]1CC[C@H](c2ccc3c(c2)CCC(CC)C3)CC1. The number of hydrogen-bond acceptors (Lipinski definition) is 0. The van der Waals surface area contributed by atoms with Crippen molar-refractivity contribution in [3.8, 4) is 0 Å². The van der Waals surface area contributed by atoms with E-state index in [1.807, 2.05) is 0 Å². The molecule has 0 heteroatoms. The zero-order valence-electron chi connectivity index (χ0n) is 14.0. The Balaban J connectivity index is 1.65. The molecule has 1 aromatic rings. The monoisotopic (exact) mass is 284 g/mol. The van der Waals surface area contributed by atoms with E-state index in [9.17, 15) is 0 Å². The zero-order chi connectivity index (χ0) is 14.7. The van der Waals surface area contributed by atoms with Crippen molar-refractivity contribution in [3.63, 3.8) is 0 Å². The van der Waals surface area contributed by atoms with Gasteiger partial charge in [-0.1, -0.05) is 51.3 Å². The van der Waals surface area contributed by atoms with E-state index in [1.165, 1.54) is 64.2 Å². The highest BCUT2D eigenvalue weighted by Crippen LogP contribution is 2.39. The molecule has 1 atom stereocenters. The van der Waals surface area contributed by atoms with Crippen LogP contribution >= 0.6 is 0 Å². The van der Waals surface area contributed by atoms with E-state index >= 15 is 0 Å². The summed E-state index contributed by atoms with van der Waals surface area (Å²) in [6.07, 6.45) is 14.0. The second-order valence-electron chi connectivity index (χ2n) is 7.55. The summed E-state index contributed by atoms with van der Waals surface area (Å²) < 4.78 is 0. The van der Waals surface area contributed by atoms with Gasteiger partial charge in [-0.25, -0.2) is 0 Å². The van der Waals surface area contributed by atoms with Crippen LogP contribution < -0.4 is 0 Å². The molecule has 3 rings (SSSR count). The molecule has 2 aliphatic carbocycles. The molecule has 21 heavy (non-hydrogen) atoms. The summed E-state index contributed by atoms with van der Waals surface area (Å²) in [6, 6.07) is 7.50. The molecule has 1 unspecified atom stereocenters. The van der Waals surface area contributed by atoms with Gasteiger partial charge in [0.25, 0.3) is 0 Å². The highest BCUT2D eigenvalue weighted by atomic mass is 14.3. The lowest BCUT2D eigenvalue weighted by atomic mass is 9.75. The number of benzene rings is 1. The summed E-state index contributed by atoms with van der Waals surface area (Å²) in [7, 11) is 0. The molecule has 0 spiro atoms. The fourth-order valence-corrected chi connectivity index (χ4v) is 4.65. The largest absolute Gasteiger partial charge is 0.0654 e. The Bertz CT molecular complexity index is 451. The van der Waals surface area contributed by atoms with Gasteiger partial charge in [0.2, 0.25) is 0 Å². The van der Waals surface area contributed by atoms with E-state index in [1.54, 1.807) is 16.7 Å². The molecular weight excluding hydrogens is 252 g/mol. The number of aryl methyl sites for hydroxylation is 1. The Morgan fingerprint density at radius 3 is 2.43 bits per heavy atom. The lowest BCUT2D eigenvalue weighted by Gasteiger charge is -2.30. The van der Waals surface area contributed by atoms with Gasteiger partial charge in [0, 0.05) is 0 Å². The Morgan fingerprint density at radius 2 is 1.71 bits per heavy atom. The van der Waals surface area contributed by atoms with Gasteiger partial charge in [-0.2, -0.15) is 0 Å². The van der Waals surface area contributed by atoms with E-state index in [4.69, 9.17) is 0 Å². The normalized spacial score (nSPS) is 29.1. The van der Waals surface area contributed by atoms with Gasteiger partial charge < -0.3 is 0 Å². The van der Waals surface area contributed by atoms with Gasteiger partial charge in [0.05, 0.1) is 0 Å². The van der Waals surface area contributed by atoms with Gasteiger partial charge in [-0.15, -0.1) is 0 Å². The molecule has 0 N–H and O–H groups in total. The molecule has 0 nitrogen and oxygen atoms in total. The van der Waals surface area contributed by atoms with Crippen LogP contribution in [0.15, 0.2) is 18.2 Å². The van der Waals surface area contributed by atoms with Crippen LogP contribution in [0.1, 0.15) is 87.8 Å². The Labute approximate surface area is 131 Å². The first kappa shape index (κ1) is 15.1. The van der Waals surface area contributed by atoms with Gasteiger partial charge in [-0.05, 0) is 79.4 Å². The van der Waals surface area contributed by atoms with Crippen LogP contribution in [0.4, 0.5) is 0 Å². The maximum absolute atomic E-state index is 2.58. The van der Waals surface area contributed by atoms with Crippen LogP contribution in [0.5, 0.6) is 0 Å². The van der Waals surface area contributed by atoms with Crippen LogP contribution in [0.2, 0.25) is 0 Å². The van der Waals surface area contributed by atoms with Crippen molar-refractivity contribution in [2.75, 3.05) is 0 Å². The quantitative estimate of drug-likeness (QED) is 0.610. The number of hydrogen-bond donors (Lipinski definition) is 0. The molecule has 2 aliphatic rings. The number of rotatable bonds is 4. The number of fused-ring (bicyclic) bond motifs is 1. The van der Waals surface area contributed by atoms with E-state index in [-0.39, 0.29) is 0 Å². The van der Waals surface area contributed by atoms with Crippen molar-refractivity contribution in [2.24, 2.45) is 11.8 Å². The molecule has 0 heterocycles. The van der Waals surface area contributed by atoms with Crippen LogP contribution in [0, 0.1) is 11.8 Å². The van der Waals surface area contributed by atoms with Gasteiger partial charge in [0.1, 0.15) is 0 Å². The zero-order valence-corrected chi connectivity index (χ0v) is 14.0. The molecule has 1 fully saturated rings. The smallest absolute Gasteiger partial charge is 0.0162 e. The minimum absolute atomic E-state index is 0.854. The first-order chi connectivity index (χ1) is 10.3. The van der Waals surface area contributed by atoms with Gasteiger partial charge in [-0.3, -0.25) is 0 Å². The third-order valence-electron chi connectivity index (χ3n) is 6.15. The van der Waals surface area contributed by atoms with Gasteiger partial charge in [0.15, 0.2) is 0 Å². The molecule has 116 valence electrons. The molecule has 0 radical (unpaired) electrons. The minimum Gasteiger partial charge on any atom is -0.0654 e. The summed E-state index contributed by atoms with van der Waals surface area (Å²) in [5, 5.41) is 0. The first-order valence-corrected chi connectivity index (χ1v) is 9.41. The fraction of sp³-hybridized carbons (Fsp3) is 0.714. The van der Waals surface area contributed by atoms with Crippen molar-refractivity contribution in [2.45, 2.75) is 84.0 Å². The lowest BCUT2D eigenvalue weighted by Crippen LogP contribution is -2.16. The summed E-state index contributed by atoms with van der Waals surface area (Å²) >= 11 is 0. The Morgan fingerprint density at radius 1 is 0.905 bits per heavy atom. The molecule has 0 aromatic heterocycles. The van der Waals surface area contributed by atoms with Gasteiger partial charge >= 0.3 is 0 Å². The first-order valence-electron chi connectivity index (χ1n) is 9.41. The van der Waals surface area contributed by atoms with Crippen molar-refractivity contribution in [1.29, 1.82) is 0 Å². The maximum atomic E-state index is 2.58. The highest BCUT2D eigenvalue weighted by molar-refractivity contribution is 5.36. The highest BCUT2D eigenvalue weighted by Gasteiger charge is 2.23. The predicted octanol–water partition coefficient (Wildman–Crippen LogP) is 6.28. The summed E-state index contributed by atoms with van der Waals surface area (Å²) in [5.41, 5.74) is 4.98. The van der Waals surface area contributed by atoms with E-state index < -0.39 is 0 Å². The third-order valence-corrected chi connectivity index (χ3v) is 6.15. The standard InChI is InChI=1S/C21H32/c1-3-5-17-7-9-18(10-8-17)20-13-12-19-14-16(4-2)6-11-21(19)15-20/h12-13,15-18H,3-11,14H2,1-2H3/t16?,17-,18-. The molecule has 0 bridgehead atoms. The third kappa shape index (κ3) is 3.52. The molecule has 1 saturated carbocycles. The van der Waals surface area contributed by atoms with Crippen LogP contribution in [0.3, 0.4) is 0 Å². The molecule has 0 aliphatic heterocycles. The second kappa shape index (κ2) is 6.99. The predicted molar refractivity (Wildman–Crippen MR) is 91.9 cm³/mol. The molecule has 0 amide bonds. The Hall–Kier alpha value is -0.780. The van der Waals surface area contributed by atoms with Crippen molar-refractivity contribution in [1.82, 2.24) is 0 Å². The molecule has 1 aromatic carbocycles. The van der Waals surface area contributed by atoms with E-state index in [0.717, 1.165) is 17.8 Å². The summed E-state index contributed by atoms with van der Waals surface area (Å²) in [5.74, 6) is 2.81. The van der Waals surface area contributed by atoms with Crippen molar-refractivity contribution in [3.05, 3.63) is 34.9 Å². The second-order valence-corrected chi connectivity index (χ2v) is 7.55. The minimum atomic E-state index is 0.854. The molecular formula is C21H32.